The molecule has 0 fully saturated rings. The third-order valence-electron chi connectivity index (χ3n) is 3.09. The largest absolute Gasteiger partial charge is 0.467 e. The molecule has 0 radical (unpaired) electrons. The highest BCUT2D eigenvalue weighted by Crippen LogP contribution is 2.20. The summed E-state index contributed by atoms with van der Waals surface area (Å²) in [6.45, 7) is 0.454. The zero-order chi connectivity index (χ0) is 15.6. The van der Waals surface area contributed by atoms with Gasteiger partial charge in [0.05, 0.1) is 17.5 Å². The van der Waals surface area contributed by atoms with Crippen LogP contribution in [0.1, 0.15) is 11.6 Å². The van der Waals surface area contributed by atoms with Crippen molar-refractivity contribution in [3.63, 3.8) is 0 Å². The Morgan fingerprint density at radius 1 is 1.39 bits per heavy atom. The van der Waals surface area contributed by atoms with Crippen LogP contribution in [0.25, 0.3) is 10.2 Å². The number of tetrazole rings is 1. The summed E-state index contributed by atoms with van der Waals surface area (Å²) in [5, 5.41) is 14.1. The fraction of sp³-hybridized carbons (Fsp3) is 0.154. The summed E-state index contributed by atoms with van der Waals surface area (Å²) in [6, 6.07) is 5.52. The fourth-order valence-electron chi connectivity index (χ4n) is 2.07. The number of aromatic nitrogens is 6. The normalized spacial score (nSPS) is 11.3. The van der Waals surface area contributed by atoms with Crippen LogP contribution in [-0.4, -0.2) is 30.2 Å². The summed E-state index contributed by atoms with van der Waals surface area (Å²) in [5.74, 6) is 1.84. The molecule has 0 bridgehead atoms. The molecule has 0 amide bonds. The molecule has 4 aromatic rings. The molecule has 116 valence electrons. The third kappa shape index (κ3) is 2.90. The van der Waals surface area contributed by atoms with Crippen molar-refractivity contribution in [2.24, 2.45) is 0 Å². The van der Waals surface area contributed by atoms with Gasteiger partial charge in [-0.2, -0.15) is 0 Å². The standard InChI is InChI=1S/C13H10N6O2S2/c20-12-11-9(3-5-22-11)14-10(15-12)7-23-13-16-17-18-19(13)6-8-2-1-4-21-8/h1-5H,6-7H2,(H,14,15,20). The Kier molecular flexibility index (Phi) is 3.67. The van der Waals surface area contributed by atoms with Crippen molar-refractivity contribution in [1.82, 2.24) is 30.2 Å². The quantitative estimate of drug-likeness (QED) is 0.551. The Labute approximate surface area is 137 Å². The van der Waals surface area contributed by atoms with Crippen molar-refractivity contribution in [3.05, 3.63) is 51.8 Å². The van der Waals surface area contributed by atoms with Gasteiger partial charge in [0, 0.05) is 0 Å². The Balaban J connectivity index is 1.52. The average Bonchev–Trinajstić information content (AvgIpc) is 3.27. The van der Waals surface area contributed by atoms with E-state index in [9.17, 15) is 4.79 Å². The molecule has 4 heterocycles. The van der Waals surface area contributed by atoms with Crippen molar-refractivity contribution in [3.8, 4) is 0 Å². The number of H-pyrrole nitrogens is 1. The predicted molar refractivity (Wildman–Crippen MR) is 85.4 cm³/mol. The van der Waals surface area contributed by atoms with E-state index in [1.165, 1.54) is 23.1 Å². The lowest BCUT2D eigenvalue weighted by atomic mass is 10.4. The zero-order valence-corrected chi connectivity index (χ0v) is 13.3. The van der Waals surface area contributed by atoms with E-state index in [-0.39, 0.29) is 5.56 Å². The van der Waals surface area contributed by atoms with Gasteiger partial charge in [0.25, 0.3) is 5.56 Å². The minimum absolute atomic E-state index is 0.115. The zero-order valence-electron chi connectivity index (χ0n) is 11.7. The fourth-order valence-corrected chi connectivity index (χ4v) is 3.54. The molecule has 0 aliphatic heterocycles. The molecule has 4 rings (SSSR count). The molecule has 0 atom stereocenters. The van der Waals surface area contributed by atoms with Crippen molar-refractivity contribution < 1.29 is 4.42 Å². The van der Waals surface area contributed by atoms with Crippen LogP contribution < -0.4 is 5.56 Å². The van der Waals surface area contributed by atoms with Crippen LogP contribution in [0.2, 0.25) is 0 Å². The number of thioether (sulfide) groups is 1. The molecular weight excluding hydrogens is 336 g/mol. The second-order valence-electron chi connectivity index (χ2n) is 4.63. The van der Waals surface area contributed by atoms with Gasteiger partial charge in [-0.3, -0.25) is 4.79 Å². The highest BCUT2D eigenvalue weighted by Gasteiger charge is 2.11. The third-order valence-corrected chi connectivity index (χ3v) is 4.96. The first-order valence-corrected chi connectivity index (χ1v) is 8.54. The van der Waals surface area contributed by atoms with Crippen LogP contribution in [0.15, 0.2) is 44.2 Å². The van der Waals surface area contributed by atoms with Crippen LogP contribution in [-0.2, 0) is 12.3 Å². The van der Waals surface area contributed by atoms with E-state index >= 15 is 0 Å². The van der Waals surface area contributed by atoms with Gasteiger partial charge in [-0.15, -0.1) is 16.4 Å². The van der Waals surface area contributed by atoms with Crippen LogP contribution in [0, 0.1) is 0 Å². The van der Waals surface area contributed by atoms with Gasteiger partial charge < -0.3 is 9.40 Å². The summed E-state index contributed by atoms with van der Waals surface area (Å²) >= 11 is 2.79. The number of fused-ring (bicyclic) bond motifs is 1. The van der Waals surface area contributed by atoms with Gasteiger partial charge in [-0.05, 0) is 34.0 Å². The van der Waals surface area contributed by atoms with Crippen molar-refractivity contribution in [2.75, 3.05) is 0 Å². The maximum atomic E-state index is 11.9. The van der Waals surface area contributed by atoms with Gasteiger partial charge in [-0.25, -0.2) is 9.67 Å². The smallest absolute Gasteiger partial charge is 0.268 e. The minimum atomic E-state index is -0.115. The molecule has 0 saturated carbocycles. The monoisotopic (exact) mass is 346 g/mol. The Morgan fingerprint density at radius 3 is 3.22 bits per heavy atom. The number of rotatable bonds is 5. The van der Waals surface area contributed by atoms with E-state index in [1.807, 2.05) is 23.6 Å². The van der Waals surface area contributed by atoms with Crippen molar-refractivity contribution in [1.29, 1.82) is 0 Å². The summed E-state index contributed by atoms with van der Waals surface area (Å²) in [4.78, 5) is 19.2. The van der Waals surface area contributed by atoms with Gasteiger partial charge >= 0.3 is 0 Å². The summed E-state index contributed by atoms with van der Waals surface area (Å²) < 4.78 is 7.58. The SMILES string of the molecule is O=c1[nH]c(CSc2nnnn2Cc2ccco2)nc2ccsc12. The number of nitrogens with one attached hydrogen (secondary N) is 1. The van der Waals surface area contributed by atoms with E-state index < -0.39 is 0 Å². The highest BCUT2D eigenvalue weighted by molar-refractivity contribution is 7.98. The average molecular weight is 346 g/mol. The number of thiophene rings is 1. The maximum Gasteiger partial charge on any atom is 0.268 e. The molecule has 0 unspecified atom stereocenters. The van der Waals surface area contributed by atoms with E-state index in [0.717, 1.165) is 5.76 Å². The molecule has 0 saturated heterocycles. The Morgan fingerprint density at radius 2 is 2.35 bits per heavy atom. The maximum absolute atomic E-state index is 11.9. The Hall–Kier alpha value is -2.46. The lowest BCUT2D eigenvalue weighted by molar-refractivity contribution is 0.462. The molecule has 4 aromatic heterocycles. The van der Waals surface area contributed by atoms with Gasteiger partial charge in [0.2, 0.25) is 5.16 Å². The van der Waals surface area contributed by atoms with Crippen LogP contribution in [0.4, 0.5) is 0 Å². The first kappa shape index (κ1) is 14.2. The predicted octanol–water partition coefficient (Wildman–Crippen LogP) is 1.90. The van der Waals surface area contributed by atoms with E-state index in [1.54, 1.807) is 10.9 Å². The Bertz CT molecular complexity index is 987. The van der Waals surface area contributed by atoms with Gasteiger partial charge in [0.1, 0.15) is 22.8 Å². The molecule has 1 N–H and O–H groups in total. The molecule has 8 nitrogen and oxygen atoms in total. The molecular formula is C13H10N6O2S2. The molecule has 10 heteroatoms. The van der Waals surface area contributed by atoms with Crippen LogP contribution in [0.3, 0.4) is 0 Å². The topological polar surface area (TPSA) is 102 Å². The number of hydrogen-bond donors (Lipinski definition) is 1. The second-order valence-corrected chi connectivity index (χ2v) is 6.49. The van der Waals surface area contributed by atoms with E-state index in [4.69, 9.17) is 4.42 Å². The molecule has 0 aromatic carbocycles. The molecule has 0 aliphatic rings. The van der Waals surface area contributed by atoms with E-state index in [0.29, 0.717) is 33.5 Å². The van der Waals surface area contributed by atoms with Gasteiger partial charge in [0.15, 0.2) is 0 Å². The molecule has 23 heavy (non-hydrogen) atoms. The molecule has 0 aliphatic carbocycles. The molecule has 0 spiro atoms. The minimum Gasteiger partial charge on any atom is -0.467 e. The number of furan rings is 1. The number of hydrogen-bond acceptors (Lipinski definition) is 8. The highest BCUT2D eigenvalue weighted by atomic mass is 32.2. The van der Waals surface area contributed by atoms with Crippen molar-refractivity contribution >= 4 is 33.3 Å². The van der Waals surface area contributed by atoms with Crippen LogP contribution >= 0.6 is 23.1 Å². The number of nitrogens with zero attached hydrogens (tertiary/aromatic N) is 5. The second kappa shape index (κ2) is 5.97. The lowest BCUT2D eigenvalue weighted by Gasteiger charge is -2.02. The van der Waals surface area contributed by atoms with E-state index in [2.05, 4.69) is 25.5 Å². The number of aromatic amines is 1. The summed E-state index contributed by atoms with van der Waals surface area (Å²) in [6.07, 6.45) is 1.61. The van der Waals surface area contributed by atoms with Gasteiger partial charge in [-0.1, -0.05) is 11.8 Å². The lowest BCUT2D eigenvalue weighted by Crippen LogP contribution is -2.10. The summed E-state index contributed by atoms with van der Waals surface area (Å²) in [5.41, 5.74) is 0.598. The van der Waals surface area contributed by atoms with Crippen molar-refractivity contribution in [2.45, 2.75) is 17.5 Å². The first-order chi connectivity index (χ1) is 11.3. The van der Waals surface area contributed by atoms with Crippen LogP contribution in [0.5, 0.6) is 0 Å². The first-order valence-electron chi connectivity index (χ1n) is 6.67. The summed E-state index contributed by atoms with van der Waals surface area (Å²) in [7, 11) is 0.